The molecule has 1 heterocycles. The van der Waals surface area contributed by atoms with Gasteiger partial charge >= 0.3 is 0 Å². The first-order valence-corrected chi connectivity index (χ1v) is 8.40. The van der Waals surface area contributed by atoms with Gasteiger partial charge in [0.1, 0.15) is 0 Å². The maximum absolute atomic E-state index is 5.23. The largest absolute Gasteiger partial charge is 0.313 e. The fourth-order valence-electron chi connectivity index (χ4n) is 2.68. The molecule has 1 aliphatic rings. The van der Waals surface area contributed by atoms with Crippen LogP contribution in [0, 0.1) is 18.3 Å². The van der Waals surface area contributed by atoms with Gasteiger partial charge in [0.2, 0.25) is 0 Å². The summed E-state index contributed by atoms with van der Waals surface area (Å²) in [4.78, 5) is 2.62. The zero-order valence-electron chi connectivity index (χ0n) is 12.0. The number of piperidine rings is 1. The molecule has 0 spiro atoms. The summed E-state index contributed by atoms with van der Waals surface area (Å²) in [5, 5.41) is 3.66. The standard InChI is InChI=1S/C15H28N2S/c1-4-9-17-10-6-7-15(13-17)14(3)16-8-12-18-11-5-2/h2,14-16H,4,6-13H2,1,3H3. The molecule has 18 heavy (non-hydrogen) atoms. The number of terminal acetylenes is 1. The minimum absolute atomic E-state index is 0.635. The third kappa shape index (κ3) is 6.13. The number of rotatable bonds is 8. The zero-order valence-corrected chi connectivity index (χ0v) is 12.8. The molecule has 1 fully saturated rings. The Morgan fingerprint density at radius 3 is 3.11 bits per heavy atom. The van der Waals surface area contributed by atoms with Crippen molar-refractivity contribution < 1.29 is 0 Å². The van der Waals surface area contributed by atoms with Gasteiger partial charge in [-0.25, -0.2) is 0 Å². The van der Waals surface area contributed by atoms with E-state index in [9.17, 15) is 0 Å². The lowest BCUT2D eigenvalue weighted by atomic mass is 9.91. The van der Waals surface area contributed by atoms with Crippen LogP contribution in [0.4, 0.5) is 0 Å². The first-order chi connectivity index (χ1) is 8.77. The number of hydrogen-bond donors (Lipinski definition) is 1. The van der Waals surface area contributed by atoms with E-state index < -0.39 is 0 Å². The van der Waals surface area contributed by atoms with Crippen LogP contribution in [0.5, 0.6) is 0 Å². The number of nitrogens with one attached hydrogen (secondary N) is 1. The number of nitrogens with zero attached hydrogens (tertiary/aromatic N) is 1. The SMILES string of the molecule is C#CCSCCNC(C)C1CCCN(CCC)C1. The maximum atomic E-state index is 5.23. The smallest absolute Gasteiger partial charge is 0.0545 e. The summed E-state index contributed by atoms with van der Waals surface area (Å²) in [5.74, 6) is 5.45. The molecule has 0 radical (unpaired) electrons. The van der Waals surface area contributed by atoms with E-state index in [1.54, 1.807) is 0 Å². The van der Waals surface area contributed by atoms with Crippen molar-refractivity contribution in [1.82, 2.24) is 10.2 Å². The van der Waals surface area contributed by atoms with Gasteiger partial charge in [-0.1, -0.05) is 12.8 Å². The molecule has 3 heteroatoms. The number of hydrogen-bond acceptors (Lipinski definition) is 3. The van der Waals surface area contributed by atoms with Crippen molar-refractivity contribution >= 4 is 11.8 Å². The third-order valence-corrected chi connectivity index (χ3v) is 4.55. The van der Waals surface area contributed by atoms with E-state index in [0.717, 1.165) is 24.0 Å². The van der Waals surface area contributed by atoms with Crippen LogP contribution in [-0.2, 0) is 0 Å². The molecule has 1 rings (SSSR count). The molecule has 1 saturated heterocycles. The van der Waals surface area contributed by atoms with Crippen LogP contribution in [0.3, 0.4) is 0 Å². The lowest BCUT2D eigenvalue weighted by Crippen LogP contribution is -2.45. The Kier molecular flexibility index (Phi) is 8.58. The third-order valence-electron chi connectivity index (χ3n) is 3.69. The molecular weight excluding hydrogens is 240 g/mol. The second-order valence-corrected chi connectivity index (χ2v) is 6.31. The van der Waals surface area contributed by atoms with E-state index in [2.05, 4.69) is 30.0 Å². The van der Waals surface area contributed by atoms with Gasteiger partial charge in [0.25, 0.3) is 0 Å². The molecule has 2 atom stereocenters. The van der Waals surface area contributed by atoms with Crippen LogP contribution < -0.4 is 5.32 Å². The van der Waals surface area contributed by atoms with Crippen LogP contribution in [0.2, 0.25) is 0 Å². The molecule has 1 aliphatic heterocycles. The Bertz CT molecular complexity index is 247. The molecular formula is C15H28N2S. The second kappa shape index (κ2) is 9.72. The van der Waals surface area contributed by atoms with E-state index in [0.29, 0.717) is 6.04 Å². The van der Waals surface area contributed by atoms with Gasteiger partial charge in [0.15, 0.2) is 0 Å². The number of likely N-dealkylation sites (tertiary alicyclic amines) is 1. The summed E-state index contributed by atoms with van der Waals surface area (Å²) in [6, 6.07) is 0.635. The Hall–Kier alpha value is -0.170. The van der Waals surface area contributed by atoms with Gasteiger partial charge in [-0.05, 0) is 45.2 Å². The van der Waals surface area contributed by atoms with Crippen molar-refractivity contribution in [2.24, 2.45) is 5.92 Å². The zero-order chi connectivity index (χ0) is 13.2. The molecule has 0 aliphatic carbocycles. The molecule has 2 unspecified atom stereocenters. The Balaban J connectivity index is 2.16. The predicted octanol–water partition coefficient (Wildman–Crippen LogP) is 2.45. The quantitative estimate of drug-likeness (QED) is 0.538. The van der Waals surface area contributed by atoms with Crippen molar-refractivity contribution in [3.05, 3.63) is 0 Å². The molecule has 0 aromatic rings. The van der Waals surface area contributed by atoms with Crippen molar-refractivity contribution in [3.8, 4) is 12.3 Å². The summed E-state index contributed by atoms with van der Waals surface area (Å²) in [7, 11) is 0. The van der Waals surface area contributed by atoms with E-state index in [1.807, 2.05) is 11.8 Å². The molecule has 2 nitrogen and oxygen atoms in total. The molecule has 104 valence electrons. The van der Waals surface area contributed by atoms with Crippen molar-refractivity contribution in [2.45, 2.75) is 39.2 Å². The topological polar surface area (TPSA) is 15.3 Å². The maximum Gasteiger partial charge on any atom is 0.0545 e. The molecule has 0 saturated carbocycles. The van der Waals surface area contributed by atoms with Crippen LogP contribution in [0.25, 0.3) is 0 Å². The molecule has 0 bridgehead atoms. The van der Waals surface area contributed by atoms with Gasteiger partial charge in [-0.3, -0.25) is 0 Å². The Morgan fingerprint density at radius 2 is 2.39 bits per heavy atom. The predicted molar refractivity (Wildman–Crippen MR) is 83.1 cm³/mol. The summed E-state index contributed by atoms with van der Waals surface area (Å²) >= 11 is 1.84. The summed E-state index contributed by atoms with van der Waals surface area (Å²) in [5.41, 5.74) is 0. The average molecular weight is 268 g/mol. The van der Waals surface area contributed by atoms with Crippen LogP contribution in [0.1, 0.15) is 33.1 Å². The first kappa shape index (κ1) is 15.9. The van der Waals surface area contributed by atoms with E-state index >= 15 is 0 Å². The van der Waals surface area contributed by atoms with Crippen LogP contribution in [0.15, 0.2) is 0 Å². The fourth-order valence-corrected chi connectivity index (χ4v) is 3.20. The van der Waals surface area contributed by atoms with Crippen LogP contribution in [-0.4, -0.2) is 48.6 Å². The molecule has 0 aromatic heterocycles. The number of thioether (sulfide) groups is 1. The average Bonchev–Trinajstić information content (AvgIpc) is 2.39. The van der Waals surface area contributed by atoms with Crippen molar-refractivity contribution in [2.75, 3.05) is 37.7 Å². The minimum atomic E-state index is 0.635. The summed E-state index contributed by atoms with van der Waals surface area (Å²) in [6.07, 6.45) is 9.25. The lowest BCUT2D eigenvalue weighted by Gasteiger charge is -2.36. The monoisotopic (exact) mass is 268 g/mol. The minimum Gasteiger partial charge on any atom is -0.313 e. The normalized spacial score (nSPS) is 22.6. The van der Waals surface area contributed by atoms with Gasteiger partial charge in [0.05, 0.1) is 5.75 Å². The molecule has 0 amide bonds. The highest BCUT2D eigenvalue weighted by molar-refractivity contribution is 7.99. The summed E-state index contributed by atoms with van der Waals surface area (Å²) in [6.45, 7) is 9.54. The Labute approximate surface area is 117 Å². The van der Waals surface area contributed by atoms with Crippen LogP contribution >= 0.6 is 11.8 Å². The highest BCUT2D eigenvalue weighted by atomic mass is 32.2. The highest BCUT2D eigenvalue weighted by Gasteiger charge is 2.23. The molecule has 1 N–H and O–H groups in total. The highest BCUT2D eigenvalue weighted by Crippen LogP contribution is 2.19. The van der Waals surface area contributed by atoms with Gasteiger partial charge in [0, 0.05) is 24.9 Å². The van der Waals surface area contributed by atoms with Crippen molar-refractivity contribution in [1.29, 1.82) is 0 Å². The van der Waals surface area contributed by atoms with Gasteiger partial charge < -0.3 is 10.2 Å². The summed E-state index contributed by atoms with van der Waals surface area (Å²) < 4.78 is 0. The fraction of sp³-hybridized carbons (Fsp3) is 0.867. The van der Waals surface area contributed by atoms with Gasteiger partial charge in [-0.15, -0.1) is 18.2 Å². The van der Waals surface area contributed by atoms with Crippen molar-refractivity contribution in [3.63, 3.8) is 0 Å². The lowest BCUT2D eigenvalue weighted by molar-refractivity contribution is 0.152. The first-order valence-electron chi connectivity index (χ1n) is 7.24. The molecule has 0 aromatic carbocycles. The van der Waals surface area contributed by atoms with E-state index in [1.165, 1.54) is 38.9 Å². The van der Waals surface area contributed by atoms with E-state index in [-0.39, 0.29) is 0 Å². The second-order valence-electron chi connectivity index (χ2n) is 5.20. The van der Waals surface area contributed by atoms with E-state index in [4.69, 9.17) is 6.42 Å². The van der Waals surface area contributed by atoms with Gasteiger partial charge in [-0.2, -0.15) is 0 Å². The Morgan fingerprint density at radius 1 is 1.56 bits per heavy atom.